The van der Waals surface area contributed by atoms with Crippen molar-refractivity contribution in [3.63, 3.8) is 0 Å². The van der Waals surface area contributed by atoms with Gasteiger partial charge in [0.1, 0.15) is 6.10 Å². The largest absolute Gasteiger partial charge is 0.464 e. The van der Waals surface area contributed by atoms with Crippen molar-refractivity contribution in [2.24, 2.45) is 0 Å². The van der Waals surface area contributed by atoms with Gasteiger partial charge in [-0.05, 0) is 12.5 Å². The van der Waals surface area contributed by atoms with Gasteiger partial charge in [-0.1, -0.05) is 53.5 Å². The molecule has 0 aromatic heterocycles. The Hall–Kier alpha value is -1.30. The maximum Gasteiger partial charge on any atom is 0.331 e. The molecule has 2 atom stereocenters. The number of amides is 1. The van der Waals surface area contributed by atoms with Crippen molar-refractivity contribution in [1.29, 1.82) is 0 Å². The Morgan fingerprint density at radius 1 is 1.30 bits per heavy atom. The highest BCUT2D eigenvalue weighted by Gasteiger charge is 2.32. The first-order valence-electron chi connectivity index (χ1n) is 5.95. The van der Waals surface area contributed by atoms with Crippen molar-refractivity contribution in [3.8, 4) is 0 Å². The molecule has 5 nitrogen and oxygen atoms in total. The standard InChI is InChI=1S/C13H15Cl2NO4/c1-2-20-13(19)9(16-12(18)11(14)15)10(17)8-6-4-3-5-7-8/h3-7,9-11,17H,2H2,1H3,(H,16,18)/t9-,10-/m0/s1. The minimum Gasteiger partial charge on any atom is -0.464 e. The fraction of sp³-hybridized carbons (Fsp3) is 0.385. The zero-order chi connectivity index (χ0) is 15.1. The number of ether oxygens (including phenoxy) is 1. The molecule has 0 aliphatic heterocycles. The second-order valence-corrected chi connectivity index (χ2v) is 4.99. The first-order chi connectivity index (χ1) is 9.47. The molecule has 20 heavy (non-hydrogen) atoms. The van der Waals surface area contributed by atoms with Gasteiger partial charge in [-0.2, -0.15) is 0 Å². The summed E-state index contributed by atoms with van der Waals surface area (Å²) in [6, 6.07) is 7.15. The lowest BCUT2D eigenvalue weighted by molar-refractivity contribution is -0.150. The fourth-order valence-electron chi connectivity index (χ4n) is 1.56. The Bertz CT molecular complexity index is 453. The Morgan fingerprint density at radius 3 is 2.40 bits per heavy atom. The van der Waals surface area contributed by atoms with Gasteiger partial charge in [-0.3, -0.25) is 4.79 Å². The summed E-state index contributed by atoms with van der Waals surface area (Å²) >= 11 is 10.8. The molecule has 0 aliphatic carbocycles. The van der Waals surface area contributed by atoms with E-state index >= 15 is 0 Å². The highest BCUT2D eigenvalue weighted by molar-refractivity contribution is 6.53. The van der Waals surface area contributed by atoms with E-state index < -0.39 is 28.9 Å². The SMILES string of the molecule is CCOC(=O)[C@@H](NC(=O)C(Cl)Cl)[C@@H](O)c1ccccc1. The van der Waals surface area contributed by atoms with E-state index in [9.17, 15) is 14.7 Å². The van der Waals surface area contributed by atoms with Crippen LogP contribution in [0.3, 0.4) is 0 Å². The summed E-state index contributed by atoms with van der Waals surface area (Å²) in [5, 5.41) is 12.5. The van der Waals surface area contributed by atoms with Gasteiger partial charge in [-0.15, -0.1) is 0 Å². The van der Waals surface area contributed by atoms with Crippen LogP contribution in [0.5, 0.6) is 0 Å². The van der Waals surface area contributed by atoms with Gasteiger partial charge in [-0.25, -0.2) is 4.79 Å². The van der Waals surface area contributed by atoms with Gasteiger partial charge in [0.25, 0.3) is 5.91 Å². The molecule has 0 fully saturated rings. The van der Waals surface area contributed by atoms with E-state index in [2.05, 4.69) is 5.32 Å². The second kappa shape index (κ2) is 8.09. The Kier molecular flexibility index (Phi) is 6.78. The molecule has 0 saturated carbocycles. The van der Waals surface area contributed by atoms with Crippen LogP contribution in [0.1, 0.15) is 18.6 Å². The van der Waals surface area contributed by atoms with Crippen molar-refractivity contribution < 1.29 is 19.4 Å². The Labute approximate surface area is 126 Å². The van der Waals surface area contributed by atoms with Crippen LogP contribution in [0.2, 0.25) is 0 Å². The third-order valence-corrected chi connectivity index (χ3v) is 2.89. The molecule has 0 radical (unpaired) electrons. The number of benzene rings is 1. The number of alkyl halides is 2. The van der Waals surface area contributed by atoms with Crippen LogP contribution in [0, 0.1) is 0 Å². The average molecular weight is 320 g/mol. The molecular weight excluding hydrogens is 305 g/mol. The van der Waals surface area contributed by atoms with E-state index in [0.29, 0.717) is 5.56 Å². The van der Waals surface area contributed by atoms with Gasteiger partial charge in [0.15, 0.2) is 10.9 Å². The van der Waals surface area contributed by atoms with Gasteiger partial charge in [0, 0.05) is 0 Å². The number of halogens is 2. The Morgan fingerprint density at radius 2 is 1.90 bits per heavy atom. The quantitative estimate of drug-likeness (QED) is 0.616. The Balaban J connectivity index is 2.92. The third kappa shape index (κ3) is 4.67. The van der Waals surface area contributed by atoms with Crippen LogP contribution in [-0.4, -0.2) is 34.5 Å². The molecular formula is C13H15Cl2NO4. The molecule has 7 heteroatoms. The summed E-state index contributed by atoms with van der Waals surface area (Å²) in [5.41, 5.74) is 0.464. The number of hydrogen-bond acceptors (Lipinski definition) is 4. The van der Waals surface area contributed by atoms with Crippen molar-refractivity contribution in [2.75, 3.05) is 6.61 Å². The summed E-state index contributed by atoms with van der Waals surface area (Å²) in [6.45, 7) is 1.75. The fourth-order valence-corrected chi connectivity index (χ4v) is 1.68. The maximum atomic E-state index is 11.8. The summed E-state index contributed by atoms with van der Waals surface area (Å²) in [5.74, 6) is -1.53. The minimum atomic E-state index is -1.34. The minimum absolute atomic E-state index is 0.123. The number of hydrogen-bond donors (Lipinski definition) is 2. The molecule has 0 bridgehead atoms. The number of nitrogens with one attached hydrogen (secondary N) is 1. The molecule has 1 aromatic carbocycles. The smallest absolute Gasteiger partial charge is 0.331 e. The average Bonchev–Trinajstić information content (AvgIpc) is 2.44. The van der Waals surface area contributed by atoms with Gasteiger partial charge in [0.05, 0.1) is 6.61 Å². The molecule has 1 aromatic rings. The van der Waals surface area contributed by atoms with Crippen molar-refractivity contribution in [2.45, 2.75) is 23.9 Å². The zero-order valence-electron chi connectivity index (χ0n) is 10.8. The predicted octanol–water partition coefficient (Wildman–Crippen LogP) is 1.57. The molecule has 1 amide bonds. The van der Waals surface area contributed by atoms with Crippen LogP contribution in [0.25, 0.3) is 0 Å². The lowest BCUT2D eigenvalue weighted by atomic mass is 10.0. The van der Waals surface area contributed by atoms with Crippen LogP contribution in [0.15, 0.2) is 30.3 Å². The normalized spacial score (nSPS) is 13.7. The highest BCUT2D eigenvalue weighted by atomic mass is 35.5. The monoisotopic (exact) mass is 319 g/mol. The van der Waals surface area contributed by atoms with E-state index in [1.54, 1.807) is 37.3 Å². The third-order valence-electron chi connectivity index (χ3n) is 2.49. The highest BCUT2D eigenvalue weighted by Crippen LogP contribution is 2.18. The van der Waals surface area contributed by atoms with E-state index in [0.717, 1.165) is 0 Å². The molecule has 0 saturated heterocycles. The van der Waals surface area contributed by atoms with E-state index in [1.807, 2.05) is 0 Å². The van der Waals surface area contributed by atoms with Gasteiger partial charge >= 0.3 is 5.97 Å². The van der Waals surface area contributed by atoms with Gasteiger partial charge < -0.3 is 15.2 Å². The topological polar surface area (TPSA) is 75.6 Å². The van der Waals surface area contributed by atoms with Crippen LogP contribution >= 0.6 is 23.2 Å². The summed E-state index contributed by atoms with van der Waals surface area (Å²) < 4.78 is 4.83. The molecule has 0 spiro atoms. The van der Waals surface area contributed by atoms with Crippen LogP contribution in [0.4, 0.5) is 0 Å². The molecule has 0 aliphatic rings. The lowest BCUT2D eigenvalue weighted by Gasteiger charge is -2.23. The first kappa shape index (κ1) is 16.8. The summed E-state index contributed by atoms with van der Waals surface area (Å²) in [6.07, 6.45) is -1.26. The number of esters is 1. The van der Waals surface area contributed by atoms with E-state index in [4.69, 9.17) is 27.9 Å². The number of aliphatic hydroxyl groups is 1. The van der Waals surface area contributed by atoms with Crippen molar-refractivity contribution >= 4 is 35.1 Å². The van der Waals surface area contributed by atoms with Crippen molar-refractivity contribution in [3.05, 3.63) is 35.9 Å². The summed E-state index contributed by atoms with van der Waals surface area (Å²) in [4.78, 5) is 22.0. The zero-order valence-corrected chi connectivity index (χ0v) is 12.3. The molecule has 2 N–H and O–H groups in total. The number of carbonyl (C=O) groups is 2. The van der Waals surface area contributed by atoms with E-state index in [-0.39, 0.29) is 6.61 Å². The summed E-state index contributed by atoms with van der Waals surface area (Å²) in [7, 11) is 0. The number of carbonyl (C=O) groups excluding carboxylic acids is 2. The predicted molar refractivity (Wildman–Crippen MR) is 75.5 cm³/mol. The molecule has 0 unspecified atom stereocenters. The second-order valence-electron chi connectivity index (χ2n) is 3.89. The molecule has 0 heterocycles. The number of rotatable bonds is 6. The molecule has 1 rings (SSSR count). The first-order valence-corrected chi connectivity index (χ1v) is 6.82. The van der Waals surface area contributed by atoms with Crippen molar-refractivity contribution in [1.82, 2.24) is 5.32 Å². The van der Waals surface area contributed by atoms with Crippen LogP contribution < -0.4 is 5.32 Å². The molecule has 110 valence electrons. The van der Waals surface area contributed by atoms with Crippen LogP contribution in [-0.2, 0) is 14.3 Å². The lowest BCUT2D eigenvalue weighted by Crippen LogP contribution is -2.47. The number of aliphatic hydroxyl groups excluding tert-OH is 1. The van der Waals surface area contributed by atoms with Gasteiger partial charge in [0.2, 0.25) is 0 Å². The maximum absolute atomic E-state index is 11.8. The van der Waals surface area contributed by atoms with E-state index in [1.165, 1.54) is 0 Å².